The molecule has 3 aromatic rings. The number of nitrogens with zero attached hydrogens (tertiary/aromatic N) is 1. The fraction of sp³-hybridized carbons (Fsp3) is 0.483. The molecule has 3 fully saturated rings. The SMILES string of the molecule is CC.O[C@@H]1CO[C@H]2C1CC[C@H]2Oc1cc2nc(-c3ccc(C4=CC5CCC(C4)N5)cc3)c(F)cc2[nH]1. The van der Waals surface area contributed by atoms with E-state index < -0.39 is 6.10 Å². The number of nitrogens with one attached hydrogen (secondary N) is 2. The maximum atomic E-state index is 15.0. The van der Waals surface area contributed by atoms with Crippen molar-refractivity contribution in [1.82, 2.24) is 15.3 Å². The lowest BCUT2D eigenvalue weighted by Crippen LogP contribution is -2.31. The highest BCUT2D eigenvalue weighted by Gasteiger charge is 2.47. The first kappa shape index (κ1) is 23.6. The van der Waals surface area contributed by atoms with E-state index in [1.54, 1.807) is 0 Å². The van der Waals surface area contributed by atoms with Gasteiger partial charge in [-0.05, 0) is 43.2 Å². The number of benzene rings is 1. The molecule has 0 radical (unpaired) electrons. The maximum absolute atomic E-state index is 15.0. The lowest BCUT2D eigenvalue weighted by atomic mass is 9.95. The van der Waals surface area contributed by atoms with Crippen molar-refractivity contribution in [2.45, 2.75) is 76.3 Å². The average Bonchev–Trinajstić information content (AvgIpc) is 3.66. The Hall–Kier alpha value is -2.74. The molecule has 190 valence electrons. The molecule has 36 heavy (non-hydrogen) atoms. The zero-order chi connectivity index (χ0) is 24.8. The number of aromatic nitrogens is 2. The summed E-state index contributed by atoms with van der Waals surface area (Å²) in [5.41, 5.74) is 4.95. The minimum absolute atomic E-state index is 0.0922. The fourth-order valence-corrected chi connectivity index (χ4v) is 6.27. The van der Waals surface area contributed by atoms with Crippen molar-refractivity contribution >= 4 is 16.6 Å². The maximum Gasteiger partial charge on any atom is 0.193 e. The fourth-order valence-electron chi connectivity index (χ4n) is 6.27. The Morgan fingerprint density at radius 1 is 1.06 bits per heavy atom. The van der Waals surface area contributed by atoms with Gasteiger partial charge in [0.2, 0.25) is 0 Å². The van der Waals surface area contributed by atoms with Crippen LogP contribution in [0.1, 0.15) is 51.5 Å². The normalized spacial score (nSPS) is 30.6. The van der Waals surface area contributed by atoms with Crippen molar-refractivity contribution in [3.63, 3.8) is 0 Å². The molecule has 2 aromatic heterocycles. The Morgan fingerprint density at radius 3 is 2.67 bits per heavy atom. The van der Waals surface area contributed by atoms with E-state index in [-0.39, 0.29) is 23.9 Å². The van der Waals surface area contributed by atoms with Crippen molar-refractivity contribution in [3.8, 4) is 17.1 Å². The number of ether oxygens (including phenoxy) is 2. The summed E-state index contributed by atoms with van der Waals surface area (Å²) in [6, 6.07) is 12.5. The lowest BCUT2D eigenvalue weighted by Gasteiger charge is -2.21. The number of H-pyrrole nitrogens is 1. The van der Waals surface area contributed by atoms with Gasteiger partial charge in [-0.2, -0.15) is 0 Å². The minimum atomic E-state index is -0.410. The summed E-state index contributed by atoms with van der Waals surface area (Å²) in [7, 11) is 0. The summed E-state index contributed by atoms with van der Waals surface area (Å²) >= 11 is 0. The van der Waals surface area contributed by atoms with E-state index in [0.717, 1.165) is 24.8 Å². The summed E-state index contributed by atoms with van der Waals surface area (Å²) in [5.74, 6) is 0.323. The van der Waals surface area contributed by atoms with Crippen LogP contribution in [0.3, 0.4) is 0 Å². The summed E-state index contributed by atoms with van der Waals surface area (Å²) < 4.78 is 26.9. The zero-order valence-electron chi connectivity index (χ0n) is 20.8. The van der Waals surface area contributed by atoms with E-state index in [1.807, 2.05) is 32.0 Å². The highest BCUT2D eigenvalue weighted by atomic mass is 19.1. The third-order valence-corrected chi connectivity index (χ3v) is 8.01. The summed E-state index contributed by atoms with van der Waals surface area (Å²) in [6.45, 7) is 4.37. The van der Waals surface area contributed by atoms with Gasteiger partial charge in [0.25, 0.3) is 0 Å². The number of pyridine rings is 1. The Labute approximate surface area is 210 Å². The monoisotopic (exact) mass is 491 g/mol. The molecule has 0 spiro atoms. The van der Waals surface area contributed by atoms with E-state index in [4.69, 9.17) is 9.47 Å². The van der Waals surface area contributed by atoms with Crippen LogP contribution in [-0.2, 0) is 4.74 Å². The van der Waals surface area contributed by atoms with Gasteiger partial charge in [0.1, 0.15) is 11.8 Å². The molecule has 3 N–H and O–H groups in total. The third kappa shape index (κ3) is 4.23. The number of aliphatic hydroxyl groups excluding tert-OH is 1. The highest BCUT2D eigenvalue weighted by Crippen LogP contribution is 2.39. The van der Waals surface area contributed by atoms with Gasteiger partial charge in [-0.15, -0.1) is 0 Å². The first-order valence-corrected chi connectivity index (χ1v) is 13.3. The summed E-state index contributed by atoms with van der Waals surface area (Å²) in [5, 5.41) is 13.7. The standard InChI is InChI=1S/C27H28FN3O3.C2H6/c28-20-11-21-22(12-25(30-21)34-24-8-7-19-23(32)13-33-27(19)24)31-26(20)15-3-1-14(2-4-15)16-9-17-5-6-18(10-16)29-17;1-2/h1-4,9,11-12,17-19,23-24,27,29-30,32H,5-8,10,13H2;1-2H3/t17?,18?,19?,23-,24-,27+;/m1./s1. The number of aliphatic hydroxyl groups is 1. The second-order valence-corrected chi connectivity index (χ2v) is 10.2. The molecule has 7 rings (SSSR count). The molecule has 6 atom stereocenters. The van der Waals surface area contributed by atoms with Gasteiger partial charge >= 0.3 is 0 Å². The Kier molecular flexibility index (Phi) is 6.32. The highest BCUT2D eigenvalue weighted by molar-refractivity contribution is 5.81. The molecular weight excluding hydrogens is 457 g/mol. The number of hydrogen-bond donors (Lipinski definition) is 3. The molecule has 2 bridgehead atoms. The van der Waals surface area contributed by atoms with Crippen molar-refractivity contribution in [1.29, 1.82) is 0 Å². The number of fused-ring (bicyclic) bond motifs is 4. The van der Waals surface area contributed by atoms with Gasteiger partial charge in [0, 0.05) is 35.7 Å². The molecule has 3 aliphatic heterocycles. The molecule has 6 nitrogen and oxygen atoms in total. The van der Waals surface area contributed by atoms with E-state index in [1.165, 1.54) is 30.0 Å². The van der Waals surface area contributed by atoms with E-state index >= 15 is 4.39 Å². The summed E-state index contributed by atoms with van der Waals surface area (Å²) in [4.78, 5) is 7.76. The predicted octanol–water partition coefficient (Wildman–Crippen LogP) is 5.22. The molecule has 7 heteroatoms. The van der Waals surface area contributed by atoms with Crippen LogP contribution in [-0.4, -0.2) is 52.1 Å². The van der Waals surface area contributed by atoms with E-state index in [0.29, 0.717) is 41.3 Å². The molecule has 0 amide bonds. The van der Waals surface area contributed by atoms with Crippen LogP contribution >= 0.6 is 0 Å². The van der Waals surface area contributed by atoms with Crippen LogP contribution in [0.2, 0.25) is 0 Å². The van der Waals surface area contributed by atoms with Crippen LogP contribution in [0.25, 0.3) is 27.9 Å². The molecule has 1 aliphatic carbocycles. The molecule has 2 saturated heterocycles. The second kappa shape index (κ2) is 9.61. The van der Waals surface area contributed by atoms with Crippen molar-refractivity contribution < 1.29 is 19.0 Å². The zero-order valence-corrected chi connectivity index (χ0v) is 20.8. The molecular formula is C29H34FN3O3. The molecule has 4 aliphatic rings. The minimum Gasteiger partial charge on any atom is -0.473 e. The largest absolute Gasteiger partial charge is 0.473 e. The van der Waals surface area contributed by atoms with Gasteiger partial charge < -0.3 is 24.9 Å². The first-order chi connectivity index (χ1) is 17.6. The molecule has 3 unspecified atom stereocenters. The molecule has 1 saturated carbocycles. The number of rotatable bonds is 4. The third-order valence-electron chi connectivity index (χ3n) is 8.01. The van der Waals surface area contributed by atoms with Crippen LogP contribution < -0.4 is 10.1 Å². The predicted molar refractivity (Wildman–Crippen MR) is 138 cm³/mol. The number of halogens is 1. The van der Waals surface area contributed by atoms with Gasteiger partial charge in [-0.1, -0.05) is 44.2 Å². The number of hydrogen-bond acceptors (Lipinski definition) is 5. The Morgan fingerprint density at radius 2 is 1.86 bits per heavy atom. The van der Waals surface area contributed by atoms with E-state index in [2.05, 4.69) is 33.5 Å². The van der Waals surface area contributed by atoms with Crippen LogP contribution in [0, 0.1) is 11.7 Å². The number of aromatic amines is 1. The van der Waals surface area contributed by atoms with Crippen molar-refractivity contribution in [2.75, 3.05) is 6.61 Å². The lowest BCUT2D eigenvalue weighted by molar-refractivity contribution is 0.0154. The van der Waals surface area contributed by atoms with Crippen LogP contribution in [0.4, 0.5) is 4.39 Å². The quantitative estimate of drug-likeness (QED) is 0.466. The van der Waals surface area contributed by atoms with Crippen molar-refractivity contribution in [2.24, 2.45) is 5.92 Å². The van der Waals surface area contributed by atoms with Crippen LogP contribution in [0.15, 0.2) is 42.5 Å². The van der Waals surface area contributed by atoms with Gasteiger partial charge in [-0.3, -0.25) is 0 Å². The Balaban J connectivity index is 0.00000117. The summed E-state index contributed by atoms with van der Waals surface area (Å²) in [6.07, 6.45) is 6.93. The average molecular weight is 492 g/mol. The van der Waals surface area contributed by atoms with Gasteiger partial charge in [0.15, 0.2) is 11.7 Å². The Bertz CT molecular complexity index is 1270. The van der Waals surface area contributed by atoms with Gasteiger partial charge in [-0.25, -0.2) is 9.37 Å². The molecule has 1 aromatic carbocycles. The topological polar surface area (TPSA) is 79.4 Å². The van der Waals surface area contributed by atoms with Gasteiger partial charge in [0.05, 0.1) is 29.8 Å². The smallest absolute Gasteiger partial charge is 0.193 e. The second-order valence-electron chi connectivity index (χ2n) is 10.2. The first-order valence-electron chi connectivity index (χ1n) is 13.3. The van der Waals surface area contributed by atoms with E-state index in [9.17, 15) is 5.11 Å². The van der Waals surface area contributed by atoms with Crippen molar-refractivity contribution in [3.05, 3.63) is 53.9 Å². The van der Waals surface area contributed by atoms with Crippen LogP contribution in [0.5, 0.6) is 5.88 Å². The molecule has 5 heterocycles.